The maximum Gasteiger partial charge on any atom is 0.424 e. The number of hydrogen-bond donors (Lipinski definition) is 0. The maximum atomic E-state index is 11.5. The molecule has 1 heterocycles. The van der Waals surface area contributed by atoms with E-state index in [1.54, 1.807) is 0 Å². The van der Waals surface area contributed by atoms with Gasteiger partial charge in [-0.1, -0.05) is 27.2 Å². The molecule has 0 saturated carbocycles. The molecule has 1 fully saturated rings. The lowest BCUT2D eigenvalue weighted by Crippen LogP contribution is -2.44. The highest BCUT2D eigenvalue weighted by Crippen LogP contribution is 2.62. The highest BCUT2D eigenvalue weighted by atomic mass is 35.7. The van der Waals surface area contributed by atoms with Crippen LogP contribution in [-0.2, 0) is 13.6 Å². The second-order valence-electron chi connectivity index (χ2n) is 4.38. The first kappa shape index (κ1) is 12.5. The molecule has 3 nitrogen and oxygen atoms in total. The topological polar surface area (TPSA) is 35.5 Å². The van der Waals surface area contributed by atoms with Gasteiger partial charge in [0.15, 0.2) is 0 Å². The molecular weight excluding hydrogens is 223 g/mol. The second kappa shape index (κ2) is 4.13. The third-order valence-corrected chi connectivity index (χ3v) is 4.52. The molecule has 3 atom stereocenters. The molecule has 5 heteroatoms. The largest absolute Gasteiger partial charge is 0.424 e. The van der Waals surface area contributed by atoms with Crippen LogP contribution in [0.5, 0.6) is 0 Å². The molecule has 0 spiro atoms. The van der Waals surface area contributed by atoms with E-state index in [-0.39, 0.29) is 17.6 Å². The molecule has 1 rings (SSSR count). The van der Waals surface area contributed by atoms with Crippen LogP contribution in [0.1, 0.15) is 40.5 Å². The Morgan fingerprint density at radius 1 is 1.43 bits per heavy atom. The zero-order chi connectivity index (χ0) is 11.0. The van der Waals surface area contributed by atoms with Crippen molar-refractivity contribution in [2.24, 2.45) is 5.41 Å². The Bertz CT molecular complexity index is 254. The molecule has 0 radical (unpaired) electrons. The fourth-order valence-electron chi connectivity index (χ4n) is 1.59. The molecule has 0 amide bonds. The third-order valence-electron chi connectivity index (χ3n) is 2.97. The molecule has 1 aliphatic rings. The Kier molecular flexibility index (Phi) is 3.69. The summed E-state index contributed by atoms with van der Waals surface area (Å²) in [7, 11) is 0. The summed E-state index contributed by atoms with van der Waals surface area (Å²) in [6.45, 7) is 4.72. The minimum absolute atomic E-state index is 0.0837. The Hall–Kier alpha value is 0.440. The standard InChI is InChI=1S/C9H18ClO3P/c1-5-6-8-9(3,4)7(2)12-14(10,11)13-8/h7-8H,5-6H2,1-4H3. The van der Waals surface area contributed by atoms with E-state index in [2.05, 4.69) is 6.92 Å². The molecule has 0 aliphatic carbocycles. The summed E-state index contributed by atoms with van der Waals surface area (Å²) in [4.78, 5) is 0. The van der Waals surface area contributed by atoms with Gasteiger partial charge in [0, 0.05) is 16.7 Å². The van der Waals surface area contributed by atoms with Crippen LogP contribution in [0.25, 0.3) is 0 Å². The van der Waals surface area contributed by atoms with Gasteiger partial charge in [0.2, 0.25) is 0 Å². The highest BCUT2D eigenvalue weighted by molar-refractivity contribution is 7.81. The van der Waals surface area contributed by atoms with E-state index in [0.717, 1.165) is 12.8 Å². The van der Waals surface area contributed by atoms with E-state index in [4.69, 9.17) is 20.3 Å². The van der Waals surface area contributed by atoms with Gasteiger partial charge in [-0.3, -0.25) is 9.05 Å². The lowest BCUT2D eigenvalue weighted by molar-refractivity contribution is -0.0670. The predicted molar refractivity (Wildman–Crippen MR) is 57.6 cm³/mol. The predicted octanol–water partition coefficient (Wildman–Crippen LogP) is 3.96. The van der Waals surface area contributed by atoms with Gasteiger partial charge in [0.1, 0.15) is 0 Å². The van der Waals surface area contributed by atoms with Gasteiger partial charge in [-0.2, -0.15) is 0 Å². The number of rotatable bonds is 2. The molecule has 0 N–H and O–H groups in total. The fourth-order valence-corrected chi connectivity index (χ4v) is 3.61. The van der Waals surface area contributed by atoms with Crippen LogP contribution in [0.3, 0.4) is 0 Å². The van der Waals surface area contributed by atoms with Crippen LogP contribution < -0.4 is 0 Å². The van der Waals surface area contributed by atoms with Gasteiger partial charge in [0.05, 0.1) is 12.2 Å². The van der Waals surface area contributed by atoms with Crippen molar-refractivity contribution >= 4 is 18.2 Å². The molecule has 0 aromatic rings. The van der Waals surface area contributed by atoms with Crippen LogP contribution >= 0.6 is 18.2 Å². The number of halogens is 1. The molecule has 1 aliphatic heterocycles. The summed E-state index contributed by atoms with van der Waals surface area (Å²) in [5.41, 5.74) is -0.140. The summed E-state index contributed by atoms with van der Waals surface area (Å²) >= 11 is 5.64. The van der Waals surface area contributed by atoms with Gasteiger partial charge < -0.3 is 0 Å². The third kappa shape index (κ3) is 2.52. The van der Waals surface area contributed by atoms with Crippen LogP contribution in [0.4, 0.5) is 0 Å². The normalized spacial score (nSPS) is 42.4. The SMILES string of the molecule is CCCC1OP(=O)(Cl)OC(C)C1(C)C. The van der Waals surface area contributed by atoms with Crippen molar-refractivity contribution in [1.82, 2.24) is 0 Å². The Morgan fingerprint density at radius 3 is 2.50 bits per heavy atom. The minimum atomic E-state index is -3.34. The van der Waals surface area contributed by atoms with Crippen molar-refractivity contribution in [1.29, 1.82) is 0 Å². The van der Waals surface area contributed by atoms with Crippen LogP contribution in [0, 0.1) is 5.41 Å². The van der Waals surface area contributed by atoms with Gasteiger partial charge >= 0.3 is 6.95 Å². The molecule has 0 aromatic carbocycles. The van der Waals surface area contributed by atoms with Gasteiger partial charge in [-0.25, -0.2) is 4.57 Å². The van der Waals surface area contributed by atoms with Crippen molar-refractivity contribution in [2.45, 2.75) is 52.7 Å². The first-order valence-corrected chi connectivity index (χ1v) is 7.41. The summed E-state index contributed by atoms with van der Waals surface area (Å²) in [6.07, 6.45) is 1.62. The highest BCUT2D eigenvalue weighted by Gasteiger charge is 2.47. The Labute approximate surface area is 90.4 Å². The molecule has 0 aromatic heterocycles. The van der Waals surface area contributed by atoms with Crippen LogP contribution in [-0.4, -0.2) is 12.2 Å². The molecular formula is C9H18ClO3P. The lowest BCUT2D eigenvalue weighted by atomic mass is 9.80. The first-order chi connectivity index (χ1) is 6.29. The Morgan fingerprint density at radius 2 is 2.00 bits per heavy atom. The van der Waals surface area contributed by atoms with Crippen molar-refractivity contribution in [3.63, 3.8) is 0 Å². The molecule has 0 bridgehead atoms. The fraction of sp³-hybridized carbons (Fsp3) is 1.00. The van der Waals surface area contributed by atoms with E-state index < -0.39 is 6.95 Å². The van der Waals surface area contributed by atoms with Gasteiger partial charge in [-0.15, -0.1) is 0 Å². The smallest absolute Gasteiger partial charge is 0.293 e. The molecule has 3 unspecified atom stereocenters. The van der Waals surface area contributed by atoms with E-state index in [1.165, 1.54) is 0 Å². The monoisotopic (exact) mass is 240 g/mol. The second-order valence-corrected chi connectivity index (χ2v) is 6.91. The zero-order valence-electron chi connectivity index (χ0n) is 9.12. The first-order valence-electron chi connectivity index (χ1n) is 4.96. The summed E-state index contributed by atoms with van der Waals surface area (Å²) in [5, 5.41) is 0. The minimum Gasteiger partial charge on any atom is -0.293 e. The van der Waals surface area contributed by atoms with E-state index in [9.17, 15) is 4.57 Å². The molecule has 84 valence electrons. The zero-order valence-corrected chi connectivity index (χ0v) is 10.8. The average Bonchev–Trinajstić information content (AvgIpc) is 2.00. The van der Waals surface area contributed by atoms with Gasteiger partial charge in [0.25, 0.3) is 0 Å². The quantitative estimate of drug-likeness (QED) is 0.686. The van der Waals surface area contributed by atoms with E-state index in [0.29, 0.717) is 0 Å². The molecule has 14 heavy (non-hydrogen) atoms. The van der Waals surface area contributed by atoms with Crippen molar-refractivity contribution < 1.29 is 13.6 Å². The van der Waals surface area contributed by atoms with Crippen molar-refractivity contribution in [3.05, 3.63) is 0 Å². The van der Waals surface area contributed by atoms with Crippen molar-refractivity contribution in [3.8, 4) is 0 Å². The van der Waals surface area contributed by atoms with Crippen molar-refractivity contribution in [2.75, 3.05) is 0 Å². The van der Waals surface area contributed by atoms with E-state index >= 15 is 0 Å². The average molecular weight is 241 g/mol. The lowest BCUT2D eigenvalue weighted by Gasteiger charge is -2.44. The van der Waals surface area contributed by atoms with Crippen LogP contribution in [0.15, 0.2) is 0 Å². The number of hydrogen-bond acceptors (Lipinski definition) is 3. The maximum absolute atomic E-state index is 11.5. The summed E-state index contributed by atoms with van der Waals surface area (Å²) in [6, 6.07) is 0. The van der Waals surface area contributed by atoms with E-state index in [1.807, 2.05) is 20.8 Å². The summed E-state index contributed by atoms with van der Waals surface area (Å²) < 4.78 is 22.0. The van der Waals surface area contributed by atoms with Gasteiger partial charge in [-0.05, 0) is 13.3 Å². The van der Waals surface area contributed by atoms with Crippen LogP contribution in [0.2, 0.25) is 0 Å². The Balaban J connectivity index is 2.84. The molecule has 1 saturated heterocycles. The summed E-state index contributed by atoms with van der Waals surface area (Å²) in [5.74, 6) is 0.